The lowest BCUT2D eigenvalue weighted by Crippen LogP contribution is -2.41. The summed E-state index contributed by atoms with van der Waals surface area (Å²) in [5.41, 5.74) is 0.440. The Labute approximate surface area is 126 Å². The minimum atomic E-state index is -2.92. The molecule has 0 saturated carbocycles. The van der Waals surface area contributed by atoms with E-state index in [1.165, 1.54) is 0 Å². The zero-order chi connectivity index (χ0) is 14.8. The first-order chi connectivity index (χ1) is 9.41. The SMILES string of the molecule is CNc1ncc(Br)cc1C(=O)NC1CCS(=O)(=O)CC1. The fourth-order valence-corrected chi connectivity index (χ4v) is 3.93. The number of carbonyl (C=O) groups excluding carboxylic acids is 1. The number of pyridine rings is 1. The molecule has 0 radical (unpaired) electrons. The Morgan fingerprint density at radius 2 is 2.05 bits per heavy atom. The highest BCUT2D eigenvalue weighted by atomic mass is 79.9. The summed E-state index contributed by atoms with van der Waals surface area (Å²) in [7, 11) is -1.22. The summed E-state index contributed by atoms with van der Waals surface area (Å²) < 4.78 is 23.4. The van der Waals surface area contributed by atoms with Crippen LogP contribution in [0.25, 0.3) is 0 Å². The van der Waals surface area contributed by atoms with Crippen LogP contribution in [0.1, 0.15) is 23.2 Å². The minimum Gasteiger partial charge on any atom is -0.372 e. The van der Waals surface area contributed by atoms with Gasteiger partial charge >= 0.3 is 0 Å². The van der Waals surface area contributed by atoms with Crippen molar-refractivity contribution in [1.29, 1.82) is 0 Å². The van der Waals surface area contributed by atoms with Crippen LogP contribution in [0.2, 0.25) is 0 Å². The second-order valence-corrected chi connectivity index (χ2v) is 7.92. The van der Waals surface area contributed by atoms with Crippen LogP contribution in [-0.4, -0.2) is 43.9 Å². The Bertz CT molecular complexity index is 604. The highest BCUT2D eigenvalue weighted by molar-refractivity contribution is 9.10. The van der Waals surface area contributed by atoms with Crippen LogP contribution in [0.15, 0.2) is 16.7 Å². The number of anilines is 1. The molecule has 0 spiro atoms. The van der Waals surface area contributed by atoms with Gasteiger partial charge in [0.25, 0.3) is 5.91 Å². The maximum absolute atomic E-state index is 12.2. The first-order valence-electron chi connectivity index (χ1n) is 6.26. The van der Waals surface area contributed by atoms with E-state index < -0.39 is 9.84 Å². The molecule has 1 aliphatic heterocycles. The molecule has 0 aliphatic carbocycles. The van der Waals surface area contributed by atoms with Gasteiger partial charge in [0.15, 0.2) is 0 Å². The smallest absolute Gasteiger partial charge is 0.255 e. The van der Waals surface area contributed by atoms with Gasteiger partial charge in [-0.25, -0.2) is 13.4 Å². The summed E-state index contributed by atoms with van der Waals surface area (Å²) in [6.45, 7) is 0. The maximum Gasteiger partial charge on any atom is 0.255 e. The third-order valence-corrected chi connectivity index (χ3v) is 5.37. The van der Waals surface area contributed by atoms with Crippen LogP contribution in [0.5, 0.6) is 0 Å². The predicted octanol–water partition coefficient (Wildman–Crippen LogP) is 1.19. The fourth-order valence-electron chi connectivity index (χ4n) is 2.11. The van der Waals surface area contributed by atoms with E-state index >= 15 is 0 Å². The van der Waals surface area contributed by atoms with Crippen molar-refractivity contribution in [3.05, 3.63) is 22.3 Å². The van der Waals surface area contributed by atoms with E-state index in [1.807, 2.05) is 0 Å². The van der Waals surface area contributed by atoms with E-state index in [2.05, 4.69) is 31.5 Å². The number of sulfone groups is 1. The summed E-state index contributed by atoms with van der Waals surface area (Å²) in [6, 6.07) is 1.59. The quantitative estimate of drug-likeness (QED) is 0.844. The number of carbonyl (C=O) groups is 1. The van der Waals surface area contributed by atoms with Crippen molar-refractivity contribution in [3.8, 4) is 0 Å². The van der Waals surface area contributed by atoms with Crippen molar-refractivity contribution in [1.82, 2.24) is 10.3 Å². The number of hydrogen-bond donors (Lipinski definition) is 2. The molecule has 1 aliphatic rings. The van der Waals surface area contributed by atoms with Gasteiger partial charge in [-0.3, -0.25) is 4.79 Å². The molecule has 0 atom stereocenters. The molecule has 0 bridgehead atoms. The van der Waals surface area contributed by atoms with Crippen molar-refractivity contribution in [3.63, 3.8) is 0 Å². The molecule has 110 valence electrons. The number of halogens is 1. The summed E-state index contributed by atoms with van der Waals surface area (Å²) in [4.78, 5) is 16.4. The van der Waals surface area contributed by atoms with Gasteiger partial charge in [0.05, 0.1) is 17.1 Å². The Kier molecular flexibility index (Phi) is 4.64. The number of hydrogen-bond acceptors (Lipinski definition) is 5. The third kappa shape index (κ3) is 3.69. The Balaban J connectivity index is 2.07. The van der Waals surface area contributed by atoms with E-state index in [4.69, 9.17) is 0 Å². The number of nitrogens with zero attached hydrogens (tertiary/aromatic N) is 1. The summed E-state index contributed by atoms with van der Waals surface area (Å²) in [5, 5.41) is 5.74. The molecule has 1 saturated heterocycles. The van der Waals surface area contributed by atoms with Crippen LogP contribution in [0, 0.1) is 0 Å². The molecular formula is C12H16BrN3O3S. The number of amides is 1. The summed E-state index contributed by atoms with van der Waals surface area (Å²) >= 11 is 3.28. The number of aromatic nitrogens is 1. The Morgan fingerprint density at radius 3 is 2.65 bits per heavy atom. The molecular weight excluding hydrogens is 346 g/mol. The Hall–Kier alpha value is -1.15. The van der Waals surface area contributed by atoms with E-state index in [-0.39, 0.29) is 23.5 Å². The maximum atomic E-state index is 12.2. The first-order valence-corrected chi connectivity index (χ1v) is 8.87. The fraction of sp³-hybridized carbons (Fsp3) is 0.500. The molecule has 1 amide bonds. The standard InChI is InChI=1S/C12H16BrN3O3S/c1-14-11-10(6-8(13)7-15-11)12(17)16-9-2-4-20(18,19)5-3-9/h6-7,9H,2-5H2,1H3,(H,14,15)(H,16,17). The van der Waals surface area contributed by atoms with Crippen LogP contribution in [0.3, 0.4) is 0 Å². The highest BCUT2D eigenvalue weighted by Gasteiger charge is 2.25. The monoisotopic (exact) mass is 361 g/mol. The molecule has 0 aromatic carbocycles. The molecule has 2 heterocycles. The molecule has 8 heteroatoms. The van der Waals surface area contributed by atoms with Crippen LogP contribution < -0.4 is 10.6 Å². The van der Waals surface area contributed by atoms with Gasteiger partial charge in [-0.1, -0.05) is 0 Å². The lowest BCUT2D eigenvalue weighted by Gasteiger charge is -2.23. The van der Waals surface area contributed by atoms with Crippen molar-refractivity contribution in [2.24, 2.45) is 0 Å². The normalized spacial score (nSPS) is 18.5. The second-order valence-electron chi connectivity index (χ2n) is 4.70. The van der Waals surface area contributed by atoms with Gasteiger partial charge in [0, 0.05) is 23.8 Å². The van der Waals surface area contributed by atoms with Crippen LogP contribution in [-0.2, 0) is 9.84 Å². The minimum absolute atomic E-state index is 0.102. The lowest BCUT2D eigenvalue weighted by atomic mass is 10.1. The van der Waals surface area contributed by atoms with Crippen LogP contribution >= 0.6 is 15.9 Å². The molecule has 0 unspecified atom stereocenters. The highest BCUT2D eigenvalue weighted by Crippen LogP contribution is 2.19. The first kappa shape index (κ1) is 15.2. The number of rotatable bonds is 3. The zero-order valence-corrected chi connectivity index (χ0v) is 13.4. The largest absolute Gasteiger partial charge is 0.372 e. The average Bonchev–Trinajstić information content (AvgIpc) is 2.41. The van der Waals surface area contributed by atoms with Gasteiger partial charge < -0.3 is 10.6 Å². The van der Waals surface area contributed by atoms with E-state index in [0.29, 0.717) is 28.7 Å². The van der Waals surface area contributed by atoms with Gasteiger partial charge in [-0.15, -0.1) is 0 Å². The van der Waals surface area contributed by atoms with Crippen molar-refractivity contribution in [2.45, 2.75) is 18.9 Å². The summed E-state index contributed by atoms with van der Waals surface area (Å²) in [5.74, 6) is 0.516. The van der Waals surface area contributed by atoms with E-state index in [9.17, 15) is 13.2 Å². The molecule has 20 heavy (non-hydrogen) atoms. The molecule has 1 aromatic heterocycles. The van der Waals surface area contributed by atoms with Gasteiger partial charge in [-0.2, -0.15) is 0 Å². The van der Waals surface area contributed by atoms with Crippen molar-refractivity contribution in [2.75, 3.05) is 23.9 Å². The van der Waals surface area contributed by atoms with Crippen molar-refractivity contribution >= 4 is 37.5 Å². The molecule has 1 aromatic rings. The number of nitrogens with one attached hydrogen (secondary N) is 2. The van der Waals surface area contributed by atoms with E-state index in [0.717, 1.165) is 0 Å². The molecule has 2 rings (SSSR count). The summed E-state index contributed by atoms with van der Waals surface area (Å²) in [6.07, 6.45) is 2.53. The third-order valence-electron chi connectivity index (χ3n) is 3.23. The topological polar surface area (TPSA) is 88.2 Å². The van der Waals surface area contributed by atoms with E-state index in [1.54, 1.807) is 19.3 Å². The van der Waals surface area contributed by atoms with Gasteiger partial charge in [0.1, 0.15) is 15.7 Å². The van der Waals surface area contributed by atoms with Crippen molar-refractivity contribution < 1.29 is 13.2 Å². The molecule has 2 N–H and O–H groups in total. The second kappa shape index (κ2) is 6.09. The molecule has 6 nitrogen and oxygen atoms in total. The van der Waals surface area contributed by atoms with Gasteiger partial charge in [-0.05, 0) is 34.8 Å². The lowest BCUT2D eigenvalue weighted by molar-refractivity contribution is 0.0934. The van der Waals surface area contributed by atoms with Gasteiger partial charge in [0.2, 0.25) is 0 Å². The zero-order valence-electron chi connectivity index (χ0n) is 11.0. The Morgan fingerprint density at radius 1 is 1.40 bits per heavy atom. The molecule has 1 fully saturated rings. The van der Waals surface area contributed by atoms with Crippen LogP contribution in [0.4, 0.5) is 5.82 Å². The predicted molar refractivity (Wildman–Crippen MR) is 80.6 cm³/mol. The average molecular weight is 362 g/mol.